The van der Waals surface area contributed by atoms with Crippen LogP contribution in [-0.4, -0.2) is 12.2 Å². The number of nitrogens with two attached hydrogens (primary N) is 1. The molecule has 2 unspecified atom stereocenters. The molecule has 84 valence electrons. The van der Waals surface area contributed by atoms with Gasteiger partial charge in [-0.15, -0.1) is 11.3 Å². The zero-order valence-corrected chi connectivity index (χ0v) is 11.6. The summed E-state index contributed by atoms with van der Waals surface area (Å²) < 4.78 is 7.40. The molecule has 15 heavy (non-hydrogen) atoms. The number of hydrogen-bond acceptors (Lipinski definition) is 3. The molecular weight excluding hydrogens is 298 g/mol. The van der Waals surface area contributed by atoms with Gasteiger partial charge in [0.1, 0.15) is 4.34 Å². The molecule has 0 saturated carbocycles. The van der Waals surface area contributed by atoms with Gasteiger partial charge in [-0.25, -0.2) is 0 Å². The van der Waals surface area contributed by atoms with E-state index in [1.54, 1.807) is 0 Å². The predicted octanol–water partition coefficient (Wildman–Crippen LogP) is 3.73. The largest absolute Gasteiger partial charge is 0.373 e. The first-order chi connectivity index (χ1) is 7.03. The standard InChI is InChI=1S/C10H13BrClNOS/c1-10(3-2-4-14-10)8(13)7-5-6(11)9(12)15-7/h5,8H,2-4,13H2,1H3. The molecule has 0 aromatic carbocycles. The molecule has 1 aromatic rings. The third-order valence-electron chi connectivity index (χ3n) is 2.88. The van der Waals surface area contributed by atoms with Crippen molar-refractivity contribution in [3.05, 3.63) is 19.8 Å². The molecule has 0 radical (unpaired) electrons. The Morgan fingerprint density at radius 1 is 1.73 bits per heavy atom. The molecule has 1 aliphatic heterocycles. The summed E-state index contributed by atoms with van der Waals surface area (Å²) in [5, 5.41) is 0. The molecule has 0 bridgehead atoms. The predicted molar refractivity (Wildman–Crippen MR) is 67.5 cm³/mol. The number of hydrogen-bond donors (Lipinski definition) is 1. The van der Waals surface area contributed by atoms with Crippen LogP contribution in [0.3, 0.4) is 0 Å². The van der Waals surface area contributed by atoms with Crippen LogP contribution in [0.2, 0.25) is 4.34 Å². The Bertz CT molecular complexity index is 343. The minimum Gasteiger partial charge on any atom is -0.373 e. The van der Waals surface area contributed by atoms with Crippen molar-refractivity contribution < 1.29 is 4.74 Å². The Morgan fingerprint density at radius 3 is 2.93 bits per heavy atom. The molecule has 2 heterocycles. The van der Waals surface area contributed by atoms with Crippen LogP contribution >= 0.6 is 38.9 Å². The van der Waals surface area contributed by atoms with Crippen LogP contribution in [-0.2, 0) is 4.74 Å². The lowest BCUT2D eigenvalue weighted by atomic mass is 9.93. The molecule has 2 nitrogen and oxygen atoms in total. The molecule has 0 spiro atoms. The normalized spacial score (nSPS) is 28.3. The maximum atomic E-state index is 6.22. The molecule has 1 saturated heterocycles. The summed E-state index contributed by atoms with van der Waals surface area (Å²) in [6.07, 6.45) is 2.10. The third kappa shape index (κ3) is 2.24. The van der Waals surface area contributed by atoms with Gasteiger partial charge in [0.2, 0.25) is 0 Å². The van der Waals surface area contributed by atoms with Gasteiger partial charge in [-0.2, -0.15) is 0 Å². The maximum Gasteiger partial charge on any atom is 0.107 e. The Hall–Kier alpha value is 0.390. The van der Waals surface area contributed by atoms with Gasteiger partial charge in [-0.1, -0.05) is 11.6 Å². The molecule has 0 amide bonds. The van der Waals surface area contributed by atoms with Gasteiger partial charge >= 0.3 is 0 Å². The Kier molecular flexibility index (Phi) is 3.43. The van der Waals surface area contributed by atoms with Gasteiger partial charge in [-0.05, 0) is 41.8 Å². The lowest BCUT2D eigenvalue weighted by molar-refractivity contribution is -0.000871. The summed E-state index contributed by atoms with van der Waals surface area (Å²) in [4.78, 5) is 1.08. The fourth-order valence-electron chi connectivity index (χ4n) is 1.86. The highest BCUT2D eigenvalue weighted by Gasteiger charge is 2.38. The van der Waals surface area contributed by atoms with Crippen molar-refractivity contribution >= 4 is 38.9 Å². The molecule has 2 N–H and O–H groups in total. The van der Waals surface area contributed by atoms with Gasteiger partial charge in [0.15, 0.2) is 0 Å². The van der Waals surface area contributed by atoms with Crippen molar-refractivity contribution in [3.63, 3.8) is 0 Å². The van der Waals surface area contributed by atoms with Crippen molar-refractivity contribution in [2.24, 2.45) is 5.73 Å². The first kappa shape index (κ1) is 11.9. The van der Waals surface area contributed by atoms with Crippen LogP contribution in [0.4, 0.5) is 0 Å². The molecule has 2 atom stereocenters. The van der Waals surface area contributed by atoms with Gasteiger partial charge < -0.3 is 10.5 Å². The number of rotatable bonds is 2. The zero-order chi connectivity index (χ0) is 11.1. The number of thiophene rings is 1. The fraction of sp³-hybridized carbons (Fsp3) is 0.600. The minimum atomic E-state index is -0.229. The van der Waals surface area contributed by atoms with Crippen molar-refractivity contribution in [2.45, 2.75) is 31.4 Å². The van der Waals surface area contributed by atoms with Crippen LogP contribution in [0.25, 0.3) is 0 Å². The number of halogens is 2. The van der Waals surface area contributed by atoms with Crippen molar-refractivity contribution in [3.8, 4) is 0 Å². The lowest BCUT2D eigenvalue weighted by Gasteiger charge is -2.29. The average Bonchev–Trinajstić information content (AvgIpc) is 2.75. The average molecular weight is 311 g/mol. The SMILES string of the molecule is CC1(C(N)c2cc(Br)c(Cl)s2)CCCO1. The second kappa shape index (κ2) is 4.34. The van der Waals surface area contributed by atoms with E-state index < -0.39 is 0 Å². The summed E-state index contributed by atoms with van der Waals surface area (Å²) in [7, 11) is 0. The Labute approximate surface area is 107 Å². The molecule has 1 aromatic heterocycles. The third-order valence-corrected chi connectivity index (χ3v) is 5.44. The van der Waals surface area contributed by atoms with E-state index in [9.17, 15) is 0 Å². The van der Waals surface area contributed by atoms with E-state index in [1.165, 1.54) is 11.3 Å². The van der Waals surface area contributed by atoms with E-state index >= 15 is 0 Å². The minimum absolute atomic E-state index is 0.0891. The van der Waals surface area contributed by atoms with E-state index in [0.29, 0.717) is 0 Å². The fourth-order valence-corrected chi connectivity index (χ4v) is 3.74. The first-order valence-corrected chi connectivity index (χ1v) is 6.86. The van der Waals surface area contributed by atoms with Crippen LogP contribution in [0.15, 0.2) is 10.5 Å². The lowest BCUT2D eigenvalue weighted by Crippen LogP contribution is -2.37. The number of ether oxygens (including phenoxy) is 1. The summed E-state index contributed by atoms with van der Waals surface area (Å²) >= 11 is 10.9. The van der Waals surface area contributed by atoms with Crippen LogP contribution in [0.5, 0.6) is 0 Å². The monoisotopic (exact) mass is 309 g/mol. The van der Waals surface area contributed by atoms with Gasteiger partial charge in [0.25, 0.3) is 0 Å². The summed E-state index contributed by atoms with van der Waals surface area (Å²) in [6.45, 7) is 2.89. The smallest absolute Gasteiger partial charge is 0.107 e. The van der Waals surface area contributed by atoms with E-state index in [-0.39, 0.29) is 11.6 Å². The molecular formula is C10H13BrClNOS. The quantitative estimate of drug-likeness (QED) is 0.903. The highest BCUT2D eigenvalue weighted by atomic mass is 79.9. The Morgan fingerprint density at radius 2 is 2.47 bits per heavy atom. The highest BCUT2D eigenvalue weighted by Crippen LogP contribution is 2.41. The molecule has 0 aliphatic carbocycles. The summed E-state index contributed by atoms with van der Waals surface area (Å²) in [5.74, 6) is 0. The van der Waals surface area contributed by atoms with Crippen LogP contribution in [0.1, 0.15) is 30.7 Å². The second-order valence-corrected chi connectivity index (χ2v) is 6.55. The summed E-state index contributed by atoms with van der Waals surface area (Å²) in [5.41, 5.74) is 5.99. The molecule has 1 fully saturated rings. The van der Waals surface area contributed by atoms with E-state index in [2.05, 4.69) is 22.9 Å². The second-order valence-electron chi connectivity index (χ2n) is 4.01. The van der Waals surface area contributed by atoms with Crippen molar-refractivity contribution in [1.29, 1.82) is 0 Å². The van der Waals surface area contributed by atoms with Crippen molar-refractivity contribution in [2.75, 3.05) is 6.61 Å². The van der Waals surface area contributed by atoms with Crippen LogP contribution in [0, 0.1) is 0 Å². The van der Waals surface area contributed by atoms with Gasteiger partial charge in [-0.3, -0.25) is 0 Å². The van der Waals surface area contributed by atoms with E-state index in [1.807, 2.05) is 6.07 Å². The topological polar surface area (TPSA) is 35.2 Å². The van der Waals surface area contributed by atoms with Crippen LogP contribution < -0.4 is 5.73 Å². The van der Waals surface area contributed by atoms with Crippen molar-refractivity contribution in [1.82, 2.24) is 0 Å². The summed E-state index contributed by atoms with van der Waals surface area (Å²) in [6, 6.07) is 1.90. The van der Waals surface area contributed by atoms with E-state index in [0.717, 1.165) is 33.1 Å². The zero-order valence-electron chi connectivity index (χ0n) is 8.43. The maximum absolute atomic E-state index is 6.22. The highest BCUT2D eigenvalue weighted by molar-refractivity contribution is 9.10. The molecule has 1 aliphatic rings. The Balaban J connectivity index is 2.23. The molecule has 2 rings (SSSR count). The van der Waals surface area contributed by atoms with Gasteiger partial charge in [0.05, 0.1) is 11.6 Å². The molecule has 5 heteroatoms. The van der Waals surface area contributed by atoms with Gasteiger partial charge in [0, 0.05) is 16.0 Å². The first-order valence-electron chi connectivity index (χ1n) is 4.87. The van der Waals surface area contributed by atoms with E-state index in [4.69, 9.17) is 22.1 Å².